The van der Waals surface area contributed by atoms with Gasteiger partial charge in [0, 0.05) is 5.69 Å². The van der Waals surface area contributed by atoms with Crippen molar-refractivity contribution in [2.45, 2.75) is 27.7 Å². The zero-order valence-electron chi connectivity index (χ0n) is 13.3. The number of aromatic nitrogens is 1. The number of pyridine rings is 1. The van der Waals surface area contributed by atoms with Crippen LogP contribution in [0.15, 0.2) is 46.3 Å². The topological polar surface area (TPSA) is 58.1 Å². The molecule has 0 amide bonds. The van der Waals surface area contributed by atoms with Gasteiger partial charge in [0.25, 0.3) is 5.56 Å². The van der Waals surface area contributed by atoms with Crippen molar-refractivity contribution in [3.63, 3.8) is 0 Å². The van der Waals surface area contributed by atoms with Gasteiger partial charge in [-0.25, -0.2) is 4.68 Å². The number of aryl methyl sites for hydroxylation is 2. The van der Waals surface area contributed by atoms with Crippen LogP contribution in [0.5, 0.6) is 0 Å². The molecule has 0 aliphatic heterocycles. The van der Waals surface area contributed by atoms with Crippen LogP contribution in [0.4, 0.5) is 0 Å². The Hall–Kier alpha value is -2.67. The van der Waals surface area contributed by atoms with Gasteiger partial charge in [0.15, 0.2) is 0 Å². The van der Waals surface area contributed by atoms with Crippen LogP contribution in [0, 0.1) is 31.1 Å². The second kappa shape index (κ2) is 6.40. The van der Waals surface area contributed by atoms with E-state index in [9.17, 15) is 4.79 Å². The van der Waals surface area contributed by atoms with Crippen molar-refractivity contribution in [3.05, 3.63) is 69.1 Å². The maximum Gasteiger partial charge on any atom is 0.289 e. The lowest BCUT2D eigenvalue weighted by Crippen LogP contribution is -2.25. The van der Waals surface area contributed by atoms with E-state index >= 15 is 0 Å². The van der Waals surface area contributed by atoms with Crippen LogP contribution in [-0.2, 0) is 0 Å². The molecule has 0 bridgehead atoms. The van der Waals surface area contributed by atoms with Gasteiger partial charge in [0.1, 0.15) is 11.6 Å². The van der Waals surface area contributed by atoms with Crippen molar-refractivity contribution in [1.29, 1.82) is 5.26 Å². The molecule has 1 aromatic heterocycles. The van der Waals surface area contributed by atoms with E-state index < -0.39 is 0 Å². The van der Waals surface area contributed by atoms with Crippen molar-refractivity contribution in [2.24, 2.45) is 11.0 Å². The molecule has 0 N–H and O–H groups in total. The number of benzene rings is 1. The molecule has 2 aromatic rings. The van der Waals surface area contributed by atoms with Gasteiger partial charge in [-0.15, -0.1) is 0 Å². The molecule has 0 aliphatic rings. The Morgan fingerprint density at radius 1 is 1.23 bits per heavy atom. The smallest absolute Gasteiger partial charge is 0.266 e. The fraction of sp³-hybridized carbons (Fsp3) is 0.278. The molecule has 0 atom stereocenters. The predicted octanol–water partition coefficient (Wildman–Crippen LogP) is 3.25. The molecule has 0 saturated carbocycles. The molecule has 4 nitrogen and oxygen atoms in total. The highest BCUT2D eigenvalue weighted by molar-refractivity contribution is 6.01. The summed E-state index contributed by atoms with van der Waals surface area (Å²) in [6.45, 7) is 7.65. The summed E-state index contributed by atoms with van der Waals surface area (Å²) < 4.78 is 1.33. The Morgan fingerprint density at radius 2 is 1.86 bits per heavy atom. The molecular weight excluding hydrogens is 274 g/mol. The first-order chi connectivity index (χ1) is 10.5. The molecule has 1 aromatic carbocycles. The van der Waals surface area contributed by atoms with Gasteiger partial charge >= 0.3 is 0 Å². The minimum atomic E-state index is -0.367. The van der Waals surface area contributed by atoms with Gasteiger partial charge in [-0.05, 0) is 37.0 Å². The van der Waals surface area contributed by atoms with Crippen LogP contribution in [-0.4, -0.2) is 10.4 Å². The summed E-state index contributed by atoms with van der Waals surface area (Å²) in [5.41, 5.74) is 2.97. The summed E-state index contributed by atoms with van der Waals surface area (Å²) >= 11 is 0. The van der Waals surface area contributed by atoms with E-state index in [0.717, 1.165) is 17.0 Å². The Bertz CT molecular complexity index is 809. The maximum absolute atomic E-state index is 12.5. The number of rotatable bonds is 3. The molecule has 0 radical (unpaired) electrons. The number of hydrogen-bond donors (Lipinski definition) is 0. The van der Waals surface area contributed by atoms with Crippen molar-refractivity contribution >= 4 is 5.71 Å². The number of nitriles is 1. The Kier molecular flexibility index (Phi) is 4.57. The van der Waals surface area contributed by atoms with Crippen LogP contribution >= 0.6 is 0 Å². The first-order valence-corrected chi connectivity index (χ1v) is 7.23. The van der Waals surface area contributed by atoms with E-state index in [2.05, 4.69) is 5.10 Å². The predicted molar refractivity (Wildman–Crippen MR) is 88.1 cm³/mol. The van der Waals surface area contributed by atoms with Gasteiger partial charge in [0.05, 0.1) is 5.71 Å². The summed E-state index contributed by atoms with van der Waals surface area (Å²) in [4.78, 5) is 12.5. The summed E-state index contributed by atoms with van der Waals surface area (Å²) in [5, 5.41) is 13.7. The third-order valence-corrected chi connectivity index (χ3v) is 3.50. The number of nitrogens with zero attached hydrogens (tertiary/aromatic N) is 3. The third-order valence-electron chi connectivity index (χ3n) is 3.50. The first-order valence-electron chi connectivity index (χ1n) is 7.23. The fourth-order valence-electron chi connectivity index (χ4n) is 2.36. The van der Waals surface area contributed by atoms with Gasteiger partial charge < -0.3 is 0 Å². The molecule has 0 fully saturated rings. The molecule has 0 spiro atoms. The third kappa shape index (κ3) is 2.99. The maximum atomic E-state index is 12.5. The molecule has 2 rings (SSSR count). The SMILES string of the molecule is Cc1cc(C)n(/N=C(/c2ccccc2)C(C)C)c(=O)c1C#N. The Labute approximate surface area is 130 Å². The van der Waals surface area contributed by atoms with Gasteiger partial charge in [-0.1, -0.05) is 44.2 Å². The minimum Gasteiger partial charge on any atom is -0.266 e. The lowest BCUT2D eigenvalue weighted by molar-refractivity contribution is 0.758. The molecular formula is C18H19N3O. The summed E-state index contributed by atoms with van der Waals surface area (Å²) in [5.74, 6) is 0.153. The first kappa shape index (κ1) is 15.7. The summed E-state index contributed by atoms with van der Waals surface area (Å²) in [7, 11) is 0. The van der Waals surface area contributed by atoms with Crippen LogP contribution in [0.2, 0.25) is 0 Å². The zero-order chi connectivity index (χ0) is 16.3. The van der Waals surface area contributed by atoms with Gasteiger partial charge in [0.2, 0.25) is 0 Å². The van der Waals surface area contributed by atoms with E-state index in [1.54, 1.807) is 6.92 Å². The molecule has 0 unspecified atom stereocenters. The van der Waals surface area contributed by atoms with E-state index in [0.29, 0.717) is 5.56 Å². The molecule has 1 heterocycles. The van der Waals surface area contributed by atoms with Crippen LogP contribution in [0.25, 0.3) is 0 Å². The highest BCUT2D eigenvalue weighted by Crippen LogP contribution is 2.12. The molecule has 0 saturated heterocycles. The second-order valence-electron chi connectivity index (χ2n) is 5.58. The van der Waals surface area contributed by atoms with E-state index in [-0.39, 0.29) is 17.0 Å². The van der Waals surface area contributed by atoms with E-state index in [1.807, 2.05) is 63.2 Å². The average molecular weight is 293 g/mol. The van der Waals surface area contributed by atoms with Crippen LogP contribution in [0.3, 0.4) is 0 Å². The Balaban J connectivity index is 2.70. The standard InChI is InChI=1S/C18H19N3O/c1-12(2)17(15-8-6-5-7-9-15)20-21-14(4)10-13(3)16(11-19)18(21)22/h5-10,12H,1-4H3/b20-17+. The highest BCUT2D eigenvalue weighted by atomic mass is 16.1. The largest absolute Gasteiger partial charge is 0.289 e. The summed E-state index contributed by atoms with van der Waals surface area (Å²) in [6.07, 6.45) is 0. The summed E-state index contributed by atoms with van der Waals surface area (Å²) in [6, 6.07) is 13.6. The molecule has 4 heteroatoms. The lowest BCUT2D eigenvalue weighted by atomic mass is 10.0. The normalized spacial score (nSPS) is 11.5. The van der Waals surface area contributed by atoms with Crippen LogP contribution < -0.4 is 5.56 Å². The van der Waals surface area contributed by atoms with Gasteiger partial charge in [-0.3, -0.25) is 4.79 Å². The van der Waals surface area contributed by atoms with E-state index in [4.69, 9.17) is 5.26 Å². The molecule has 112 valence electrons. The van der Waals surface area contributed by atoms with Crippen molar-refractivity contribution in [2.75, 3.05) is 0 Å². The van der Waals surface area contributed by atoms with Crippen LogP contribution in [0.1, 0.15) is 36.2 Å². The highest BCUT2D eigenvalue weighted by Gasteiger charge is 2.13. The quantitative estimate of drug-likeness (QED) is 0.816. The Morgan fingerprint density at radius 3 is 2.41 bits per heavy atom. The van der Waals surface area contributed by atoms with Crippen molar-refractivity contribution in [3.8, 4) is 6.07 Å². The van der Waals surface area contributed by atoms with Crippen molar-refractivity contribution < 1.29 is 0 Å². The van der Waals surface area contributed by atoms with Gasteiger partial charge in [-0.2, -0.15) is 10.4 Å². The number of hydrogen-bond acceptors (Lipinski definition) is 3. The zero-order valence-corrected chi connectivity index (χ0v) is 13.3. The second-order valence-corrected chi connectivity index (χ2v) is 5.58. The lowest BCUT2D eigenvalue weighted by Gasteiger charge is -2.13. The molecule has 22 heavy (non-hydrogen) atoms. The fourth-order valence-corrected chi connectivity index (χ4v) is 2.36. The molecule has 0 aliphatic carbocycles. The average Bonchev–Trinajstić information content (AvgIpc) is 2.48. The van der Waals surface area contributed by atoms with Crippen molar-refractivity contribution in [1.82, 2.24) is 4.68 Å². The monoisotopic (exact) mass is 293 g/mol. The van der Waals surface area contributed by atoms with E-state index in [1.165, 1.54) is 4.68 Å². The minimum absolute atomic E-state index is 0.144.